The van der Waals surface area contributed by atoms with Gasteiger partial charge < -0.3 is 25.5 Å². The summed E-state index contributed by atoms with van der Waals surface area (Å²) in [5, 5.41) is 25.5. The molecular weight excluding hydrogens is 459 g/mol. The van der Waals surface area contributed by atoms with Gasteiger partial charge in [0.2, 0.25) is 0 Å². The maximum atomic E-state index is 12.7. The van der Waals surface area contributed by atoms with Crippen molar-refractivity contribution in [3.8, 4) is 5.75 Å². The van der Waals surface area contributed by atoms with Crippen molar-refractivity contribution in [2.45, 2.75) is 26.4 Å². The molecule has 11 nitrogen and oxygen atoms in total. The van der Waals surface area contributed by atoms with E-state index in [-0.39, 0.29) is 17.7 Å². The molecule has 34 heavy (non-hydrogen) atoms. The second-order valence-corrected chi connectivity index (χ2v) is 7.41. The van der Waals surface area contributed by atoms with Crippen molar-refractivity contribution in [3.63, 3.8) is 0 Å². The first-order valence-corrected chi connectivity index (χ1v) is 9.84. The van der Waals surface area contributed by atoms with Crippen LogP contribution < -0.4 is 15.4 Å². The van der Waals surface area contributed by atoms with Crippen LogP contribution in [0, 0.1) is 13.8 Å². The van der Waals surface area contributed by atoms with Crippen LogP contribution in [0.25, 0.3) is 11.6 Å². The number of nitrogens with one attached hydrogen (secondary N) is 3. The van der Waals surface area contributed by atoms with E-state index in [0.717, 1.165) is 16.8 Å². The molecule has 4 rings (SSSR count). The van der Waals surface area contributed by atoms with Gasteiger partial charge in [-0.25, -0.2) is 4.68 Å². The summed E-state index contributed by atoms with van der Waals surface area (Å²) in [4.78, 5) is 28.2. The van der Waals surface area contributed by atoms with Crippen LogP contribution in [-0.4, -0.2) is 55.0 Å². The summed E-state index contributed by atoms with van der Waals surface area (Å²) < 4.78 is 42.8. The molecule has 1 atom stereocenters. The molecule has 0 saturated heterocycles. The average Bonchev–Trinajstić information content (AvgIpc) is 3.45. The fourth-order valence-electron chi connectivity index (χ4n) is 3.58. The molecule has 0 radical (unpaired) electrons. The van der Waals surface area contributed by atoms with Gasteiger partial charge in [-0.3, -0.25) is 9.59 Å². The number of ether oxygens (including phenoxy) is 1. The van der Waals surface area contributed by atoms with Crippen LogP contribution >= 0.6 is 0 Å². The molecule has 2 aromatic heterocycles. The summed E-state index contributed by atoms with van der Waals surface area (Å²) in [7, 11) is 0. The number of alkyl halides is 3. The Morgan fingerprint density at radius 2 is 2.12 bits per heavy atom. The highest BCUT2D eigenvalue weighted by Crippen LogP contribution is 2.37. The van der Waals surface area contributed by atoms with E-state index in [4.69, 9.17) is 0 Å². The summed E-state index contributed by atoms with van der Waals surface area (Å²) >= 11 is 0. The van der Waals surface area contributed by atoms with E-state index in [9.17, 15) is 27.9 Å². The lowest BCUT2D eigenvalue weighted by Crippen LogP contribution is -2.31. The molecule has 1 aliphatic heterocycles. The van der Waals surface area contributed by atoms with Gasteiger partial charge in [-0.1, -0.05) is 0 Å². The summed E-state index contributed by atoms with van der Waals surface area (Å²) in [6, 6.07) is 3.54. The largest absolute Gasteiger partial charge is 0.573 e. The number of H-pyrrole nitrogens is 1. The van der Waals surface area contributed by atoms with E-state index in [0.29, 0.717) is 28.2 Å². The molecule has 0 fully saturated rings. The van der Waals surface area contributed by atoms with Crippen molar-refractivity contribution in [1.82, 2.24) is 30.5 Å². The van der Waals surface area contributed by atoms with E-state index >= 15 is 0 Å². The van der Waals surface area contributed by atoms with Crippen molar-refractivity contribution in [2.24, 2.45) is 0 Å². The monoisotopic (exact) mass is 477 g/mol. The van der Waals surface area contributed by atoms with Crippen LogP contribution in [0.1, 0.15) is 39.1 Å². The van der Waals surface area contributed by atoms with Crippen molar-refractivity contribution >= 4 is 29.2 Å². The van der Waals surface area contributed by atoms with Gasteiger partial charge in [-0.15, -0.1) is 18.3 Å². The lowest BCUT2D eigenvalue weighted by molar-refractivity contribution is -0.274. The summed E-state index contributed by atoms with van der Waals surface area (Å²) in [5.41, 5.74) is 2.38. The summed E-state index contributed by atoms with van der Waals surface area (Å²) in [6.45, 7) is 3.14. The highest BCUT2D eigenvalue weighted by atomic mass is 19.4. The number of aromatic nitrogens is 5. The van der Waals surface area contributed by atoms with Gasteiger partial charge in [0.15, 0.2) is 6.23 Å². The average molecular weight is 477 g/mol. The zero-order valence-electron chi connectivity index (χ0n) is 17.8. The molecule has 14 heteroatoms. The third-order valence-electron chi connectivity index (χ3n) is 5.11. The smallest absolute Gasteiger partial charge is 0.406 e. The second-order valence-electron chi connectivity index (χ2n) is 7.41. The molecule has 2 amide bonds. The predicted octanol–water partition coefficient (Wildman–Crippen LogP) is 1.93. The van der Waals surface area contributed by atoms with Crippen LogP contribution in [-0.2, 0) is 4.79 Å². The van der Waals surface area contributed by atoms with Gasteiger partial charge in [0.1, 0.15) is 12.1 Å². The number of carbonyl (C=O) groups excluding carboxylic acids is 2. The number of fused-ring (bicyclic) bond motifs is 1. The standard InChI is InChI=1S/C20H18F3N7O4/c1-9-15(26-10(2)17(9)19(33)24-7-16(31)30-8-25-28-29-30)6-13-12-5-11(34-20(21,22)23)3-4-14(12)27-18(13)32/h3-6,8,16,26,31H,7H2,1-2H3,(H,24,33)(H,27,32)/b13-6-. The zero-order valence-corrected chi connectivity index (χ0v) is 17.8. The van der Waals surface area contributed by atoms with E-state index in [1.807, 2.05) is 0 Å². The second kappa shape index (κ2) is 8.62. The Labute approximate surface area is 189 Å². The number of aryl methyl sites for hydroxylation is 1. The van der Waals surface area contributed by atoms with Crippen LogP contribution in [0.4, 0.5) is 18.9 Å². The summed E-state index contributed by atoms with van der Waals surface area (Å²) in [5.74, 6) is -1.46. The fourth-order valence-corrected chi connectivity index (χ4v) is 3.58. The minimum atomic E-state index is -4.87. The first-order chi connectivity index (χ1) is 16.0. The van der Waals surface area contributed by atoms with Gasteiger partial charge in [0, 0.05) is 22.6 Å². The molecule has 0 bridgehead atoms. The number of amides is 2. The number of carbonyl (C=O) groups is 2. The number of halogens is 3. The molecule has 1 aliphatic rings. The number of aromatic amines is 1. The van der Waals surface area contributed by atoms with Crippen molar-refractivity contribution < 1.29 is 32.6 Å². The highest BCUT2D eigenvalue weighted by Gasteiger charge is 2.33. The van der Waals surface area contributed by atoms with Gasteiger partial charge in [-0.05, 0) is 54.1 Å². The fraction of sp³-hybridized carbons (Fsp3) is 0.250. The van der Waals surface area contributed by atoms with E-state index in [2.05, 4.69) is 35.9 Å². The maximum Gasteiger partial charge on any atom is 0.573 e. The highest BCUT2D eigenvalue weighted by molar-refractivity contribution is 6.35. The third-order valence-corrected chi connectivity index (χ3v) is 5.11. The summed E-state index contributed by atoms with van der Waals surface area (Å²) in [6.07, 6.45) is -3.40. The minimum Gasteiger partial charge on any atom is -0.406 e. The topological polar surface area (TPSA) is 147 Å². The molecule has 4 N–H and O–H groups in total. The molecule has 0 saturated carbocycles. The van der Waals surface area contributed by atoms with E-state index in [1.54, 1.807) is 13.8 Å². The lowest BCUT2D eigenvalue weighted by atomic mass is 10.0. The Morgan fingerprint density at radius 3 is 2.79 bits per heavy atom. The number of aliphatic hydroxyl groups is 1. The van der Waals surface area contributed by atoms with Crippen LogP contribution in [0.5, 0.6) is 5.75 Å². The molecule has 3 aromatic rings. The van der Waals surface area contributed by atoms with Crippen molar-refractivity contribution in [1.29, 1.82) is 0 Å². The zero-order chi connectivity index (χ0) is 24.6. The number of hydrogen-bond acceptors (Lipinski definition) is 7. The predicted molar refractivity (Wildman–Crippen MR) is 111 cm³/mol. The SMILES string of the molecule is Cc1[nH]c(/C=C2\C(=O)Nc3ccc(OC(F)(F)F)cc32)c(C)c1C(=O)NCC(O)n1cnnn1. The number of aliphatic hydroxyl groups excluding tert-OH is 1. The first-order valence-electron chi connectivity index (χ1n) is 9.84. The van der Waals surface area contributed by atoms with Crippen LogP contribution in [0.2, 0.25) is 0 Å². The van der Waals surface area contributed by atoms with Crippen LogP contribution in [0.3, 0.4) is 0 Å². The quantitative estimate of drug-likeness (QED) is 0.397. The molecule has 0 spiro atoms. The molecule has 0 aliphatic carbocycles. The molecule has 1 unspecified atom stereocenters. The first kappa shape index (κ1) is 23.0. The Hall–Kier alpha value is -4.20. The van der Waals surface area contributed by atoms with E-state index in [1.165, 1.54) is 18.5 Å². The third kappa shape index (κ3) is 4.61. The number of hydrogen-bond donors (Lipinski definition) is 4. The molecular formula is C20H18F3N7O4. The number of benzene rings is 1. The molecule has 3 heterocycles. The van der Waals surface area contributed by atoms with Gasteiger partial charge in [-0.2, -0.15) is 0 Å². The Balaban J connectivity index is 1.59. The minimum absolute atomic E-state index is 0.105. The van der Waals surface area contributed by atoms with Gasteiger partial charge >= 0.3 is 6.36 Å². The number of anilines is 1. The maximum absolute atomic E-state index is 12.7. The van der Waals surface area contributed by atoms with Gasteiger partial charge in [0.25, 0.3) is 11.8 Å². The lowest BCUT2D eigenvalue weighted by Gasteiger charge is -2.11. The van der Waals surface area contributed by atoms with Crippen LogP contribution in [0.15, 0.2) is 24.5 Å². The number of tetrazole rings is 1. The van der Waals surface area contributed by atoms with Gasteiger partial charge in [0.05, 0.1) is 17.7 Å². The molecule has 1 aromatic carbocycles. The Morgan fingerprint density at radius 1 is 1.35 bits per heavy atom. The van der Waals surface area contributed by atoms with Crippen molar-refractivity contribution in [3.05, 3.63) is 52.6 Å². The van der Waals surface area contributed by atoms with E-state index < -0.39 is 30.2 Å². The van der Waals surface area contributed by atoms with Crippen molar-refractivity contribution in [2.75, 3.05) is 11.9 Å². The number of nitrogens with zero attached hydrogens (tertiary/aromatic N) is 4. The Kier molecular flexibility index (Phi) is 5.83. The Bertz CT molecular complexity index is 1280. The number of rotatable bonds is 6. The molecule has 178 valence electrons. The normalized spacial score (nSPS) is 15.2.